The summed E-state index contributed by atoms with van der Waals surface area (Å²) in [6.07, 6.45) is 3.26. The number of methoxy groups -OCH3 is 1. The van der Waals surface area contributed by atoms with Crippen molar-refractivity contribution in [1.82, 2.24) is 10.6 Å². The van der Waals surface area contributed by atoms with Gasteiger partial charge in [0.25, 0.3) is 5.91 Å². The fourth-order valence-electron chi connectivity index (χ4n) is 4.14. The number of hydrogen-bond donors (Lipinski definition) is 3. The van der Waals surface area contributed by atoms with Crippen molar-refractivity contribution in [3.8, 4) is 5.75 Å². The highest BCUT2D eigenvalue weighted by molar-refractivity contribution is 5.94. The second-order valence-electron chi connectivity index (χ2n) is 8.08. The van der Waals surface area contributed by atoms with Crippen LogP contribution in [0, 0.1) is 5.82 Å². The van der Waals surface area contributed by atoms with E-state index >= 15 is 0 Å². The Hall–Kier alpha value is -2.93. The van der Waals surface area contributed by atoms with Gasteiger partial charge >= 0.3 is 0 Å². The van der Waals surface area contributed by atoms with Crippen molar-refractivity contribution in [3.63, 3.8) is 0 Å². The average Bonchev–Trinajstić information content (AvgIpc) is 3.22. The number of amides is 2. The quantitative estimate of drug-likeness (QED) is 0.572. The Kier molecular flexibility index (Phi) is 7.63. The Morgan fingerprint density at radius 2 is 1.94 bits per heavy atom. The van der Waals surface area contributed by atoms with Crippen molar-refractivity contribution in [3.05, 3.63) is 65.0 Å². The van der Waals surface area contributed by atoms with Gasteiger partial charge in [0, 0.05) is 30.6 Å². The van der Waals surface area contributed by atoms with Gasteiger partial charge in [0.15, 0.2) is 11.6 Å². The summed E-state index contributed by atoms with van der Waals surface area (Å²) in [4.78, 5) is 22.9. The molecular weight excluding hydrogens is 397 g/mol. The molecule has 6 nitrogen and oxygen atoms in total. The standard InChI is InChI=1S/C24H30FN3O3/c1-15(18-8-10-21(25)22(14-18)31-2)28-20-9-7-19(13-20)16-3-5-17(6-4-16)24(30)27-12-11-23(26)29/h3-6,8,10,14-15,19-20,28H,7,9,11-13H2,1-2H3,(H2,26,29)(H,27,30). The molecule has 4 N–H and O–H groups in total. The molecule has 0 bridgehead atoms. The maximum absolute atomic E-state index is 13.7. The number of benzene rings is 2. The van der Waals surface area contributed by atoms with E-state index in [0.717, 1.165) is 24.8 Å². The summed E-state index contributed by atoms with van der Waals surface area (Å²) in [5, 5.41) is 6.34. The third kappa shape index (κ3) is 6.04. The fourth-order valence-corrected chi connectivity index (χ4v) is 4.14. The minimum absolute atomic E-state index is 0.0877. The Labute approximate surface area is 182 Å². The Balaban J connectivity index is 1.53. The lowest BCUT2D eigenvalue weighted by molar-refractivity contribution is -0.117. The minimum atomic E-state index is -0.437. The molecule has 3 unspecified atom stereocenters. The van der Waals surface area contributed by atoms with Gasteiger partial charge in [-0.25, -0.2) is 4.39 Å². The van der Waals surface area contributed by atoms with E-state index in [1.807, 2.05) is 24.3 Å². The van der Waals surface area contributed by atoms with Gasteiger partial charge in [-0.2, -0.15) is 0 Å². The fraction of sp³-hybridized carbons (Fsp3) is 0.417. The summed E-state index contributed by atoms with van der Waals surface area (Å²) < 4.78 is 18.7. The molecule has 2 aromatic carbocycles. The van der Waals surface area contributed by atoms with Crippen LogP contribution in [-0.2, 0) is 4.79 Å². The molecule has 2 aromatic rings. The molecule has 1 saturated carbocycles. The largest absolute Gasteiger partial charge is 0.494 e. The van der Waals surface area contributed by atoms with Crippen LogP contribution < -0.4 is 21.1 Å². The third-order valence-corrected chi connectivity index (χ3v) is 5.89. The van der Waals surface area contributed by atoms with Crippen LogP contribution in [0.4, 0.5) is 4.39 Å². The first-order chi connectivity index (χ1) is 14.9. The van der Waals surface area contributed by atoms with Crippen LogP contribution >= 0.6 is 0 Å². The lowest BCUT2D eigenvalue weighted by atomic mass is 9.96. The second kappa shape index (κ2) is 10.4. The van der Waals surface area contributed by atoms with Gasteiger partial charge in [-0.05, 0) is 67.5 Å². The number of hydrogen-bond acceptors (Lipinski definition) is 4. The van der Waals surface area contributed by atoms with Crippen LogP contribution in [0.3, 0.4) is 0 Å². The monoisotopic (exact) mass is 427 g/mol. The van der Waals surface area contributed by atoms with Gasteiger partial charge in [-0.15, -0.1) is 0 Å². The molecular formula is C24H30FN3O3. The number of carbonyl (C=O) groups excluding carboxylic acids is 2. The lowest BCUT2D eigenvalue weighted by Gasteiger charge is -2.21. The summed E-state index contributed by atoms with van der Waals surface area (Å²) >= 11 is 0. The SMILES string of the molecule is COc1cc(C(C)NC2CCC(c3ccc(C(=O)NCCC(N)=O)cc3)C2)ccc1F. The first-order valence-corrected chi connectivity index (χ1v) is 10.6. The number of nitrogens with two attached hydrogens (primary N) is 1. The lowest BCUT2D eigenvalue weighted by Crippen LogP contribution is -2.29. The average molecular weight is 428 g/mol. The highest BCUT2D eigenvalue weighted by Gasteiger charge is 2.27. The number of carbonyl (C=O) groups is 2. The van der Waals surface area contributed by atoms with E-state index in [0.29, 0.717) is 17.5 Å². The van der Waals surface area contributed by atoms with Crippen LogP contribution in [0.5, 0.6) is 5.75 Å². The Bertz CT molecular complexity index is 917. The first-order valence-electron chi connectivity index (χ1n) is 10.6. The van der Waals surface area contributed by atoms with E-state index in [9.17, 15) is 14.0 Å². The smallest absolute Gasteiger partial charge is 0.251 e. The summed E-state index contributed by atoms with van der Waals surface area (Å²) in [5.74, 6) is -0.312. The number of ether oxygens (including phenoxy) is 1. The molecule has 2 amide bonds. The molecule has 0 heterocycles. The van der Waals surface area contributed by atoms with Crippen molar-refractivity contribution in [2.24, 2.45) is 5.73 Å². The van der Waals surface area contributed by atoms with Gasteiger partial charge in [-0.1, -0.05) is 18.2 Å². The minimum Gasteiger partial charge on any atom is -0.494 e. The zero-order valence-corrected chi connectivity index (χ0v) is 18.0. The van der Waals surface area contributed by atoms with Crippen molar-refractivity contribution in [2.75, 3.05) is 13.7 Å². The molecule has 0 aliphatic heterocycles. The molecule has 3 rings (SSSR count). The van der Waals surface area contributed by atoms with Crippen LogP contribution in [0.25, 0.3) is 0 Å². The molecule has 1 fully saturated rings. The molecule has 166 valence electrons. The van der Waals surface area contributed by atoms with Crippen molar-refractivity contribution in [1.29, 1.82) is 0 Å². The number of primary amides is 1. The predicted molar refractivity (Wildman–Crippen MR) is 117 cm³/mol. The molecule has 0 saturated heterocycles. The van der Waals surface area contributed by atoms with E-state index in [-0.39, 0.29) is 36.5 Å². The van der Waals surface area contributed by atoms with Crippen molar-refractivity contribution >= 4 is 11.8 Å². The van der Waals surface area contributed by atoms with E-state index < -0.39 is 5.91 Å². The molecule has 1 aliphatic carbocycles. The van der Waals surface area contributed by atoms with E-state index in [4.69, 9.17) is 10.5 Å². The van der Waals surface area contributed by atoms with Gasteiger partial charge in [0.05, 0.1) is 7.11 Å². The number of rotatable bonds is 9. The zero-order chi connectivity index (χ0) is 22.4. The first kappa shape index (κ1) is 22.7. The molecule has 31 heavy (non-hydrogen) atoms. The van der Waals surface area contributed by atoms with Gasteiger partial charge in [0.1, 0.15) is 0 Å². The topological polar surface area (TPSA) is 93.4 Å². The summed E-state index contributed by atoms with van der Waals surface area (Å²) in [6, 6.07) is 13.1. The van der Waals surface area contributed by atoms with Crippen molar-refractivity contribution in [2.45, 2.75) is 50.6 Å². The van der Waals surface area contributed by atoms with E-state index in [1.54, 1.807) is 12.1 Å². The maximum Gasteiger partial charge on any atom is 0.251 e. The normalized spacial score (nSPS) is 19.1. The van der Waals surface area contributed by atoms with Gasteiger partial charge < -0.3 is 21.1 Å². The van der Waals surface area contributed by atoms with Gasteiger partial charge in [0.2, 0.25) is 5.91 Å². The Morgan fingerprint density at radius 3 is 2.61 bits per heavy atom. The molecule has 0 aromatic heterocycles. The van der Waals surface area contributed by atoms with Crippen molar-refractivity contribution < 1.29 is 18.7 Å². The van der Waals surface area contributed by atoms with Gasteiger partial charge in [-0.3, -0.25) is 9.59 Å². The van der Waals surface area contributed by atoms with Crippen LogP contribution in [-0.4, -0.2) is 31.5 Å². The predicted octanol–water partition coefficient (Wildman–Crippen LogP) is 3.43. The highest BCUT2D eigenvalue weighted by atomic mass is 19.1. The summed E-state index contributed by atoms with van der Waals surface area (Å²) in [6.45, 7) is 2.32. The van der Waals surface area contributed by atoms with E-state index in [1.165, 1.54) is 18.7 Å². The molecule has 1 aliphatic rings. The van der Waals surface area contributed by atoms with Crippen LogP contribution in [0.1, 0.15) is 66.1 Å². The molecule has 7 heteroatoms. The third-order valence-electron chi connectivity index (χ3n) is 5.89. The number of halogens is 1. The molecule has 0 radical (unpaired) electrons. The zero-order valence-electron chi connectivity index (χ0n) is 18.0. The van der Waals surface area contributed by atoms with Crippen LogP contribution in [0.15, 0.2) is 42.5 Å². The molecule has 3 atom stereocenters. The summed E-state index contributed by atoms with van der Waals surface area (Å²) in [7, 11) is 1.47. The number of nitrogens with one attached hydrogen (secondary N) is 2. The maximum atomic E-state index is 13.7. The van der Waals surface area contributed by atoms with E-state index in [2.05, 4.69) is 17.6 Å². The molecule has 0 spiro atoms. The Morgan fingerprint density at radius 1 is 1.19 bits per heavy atom. The van der Waals surface area contributed by atoms with Crippen LogP contribution in [0.2, 0.25) is 0 Å². The second-order valence-corrected chi connectivity index (χ2v) is 8.08. The highest BCUT2D eigenvalue weighted by Crippen LogP contribution is 2.35. The summed E-state index contributed by atoms with van der Waals surface area (Å²) in [5.41, 5.74) is 7.86.